The fourth-order valence-corrected chi connectivity index (χ4v) is 7.22. The molecule has 1 spiro atoms. The van der Waals surface area contributed by atoms with E-state index in [0.29, 0.717) is 37.6 Å². The molecule has 0 aliphatic carbocycles. The van der Waals surface area contributed by atoms with E-state index in [9.17, 15) is 19.5 Å². The maximum absolute atomic E-state index is 14.5. The number of ether oxygens (including phenoxy) is 2. The van der Waals surface area contributed by atoms with Gasteiger partial charge < -0.3 is 29.3 Å². The van der Waals surface area contributed by atoms with Crippen molar-refractivity contribution in [1.82, 2.24) is 9.80 Å². The number of amides is 3. The zero-order valence-electron chi connectivity index (χ0n) is 23.9. The standard InChI is InChI=1S/C31H41N3O6/c1-5-10-21(4)32-17-9-16-31-25(28(37)34(19-20-35)26(31)29(32)38)24-27(36)33(18-8-15-30(24,6-2)40-31)22-11-13-23(14-12-22)39-7-3/h8-9,11-16,21,24-26,35H,5-7,10,17-20H2,1-4H3/t21?,24-,25-,26?,30+,31-/m0/s1. The number of nitrogens with zero attached hydrogens (tertiary/aromatic N) is 3. The number of β-amino-alcohol motifs (C(OH)–C–C–N with tert-alkyl or cyclic N) is 1. The second kappa shape index (κ2) is 11.0. The molecule has 2 saturated heterocycles. The van der Waals surface area contributed by atoms with Gasteiger partial charge in [-0.15, -0.1) is 0 Å². The van der Waals surface area contributed by atoms with Crippen molar-refractivity contribution in [2.45, 2.75) is 70.2 Å². The Morgan fingerprint density at radius 2 is 1.73 bits per heavy atom. The highest BCUT2D eigenvalue weighted by atomic mass is 16.5. The Hall–Kier alpha value is -3.17. The molecule has 1 aromatic carbocycles. The highest BCUT2D eigenvalue weighted by Crippen LogP contribution is 2.58. The molecule has 0 aromatic heterocycles. The van der Waals surface area contributed by atoms with E-state index in [1.807, 2.05) is 69.3 Å². The van der Waals surface area contributed by atoms with Gasteiger partial charge in [0.05, 0.1) is 30.7 Å². The van der Waals surface area contributed by atoms with Gasteiger partial charge in [0.1, 0.15) is 17.4 Å². The first-order valence-electron chi connectivity index (χ1n) is 14.6. The molecular weight excluding hydrogens is 510 g/mol. The van der Waals surface area contributed by atoms with E-state index in [0.717, 1.165) is 12.8 Å². The number of benzene rings is 1. The number of likely N-dealkylation sites (tertiary alicyclic amines) is 1. The Kier molecular flexibility index (Phi) is 7.81. The summed E-state index contributed by atoms with van der Waals surface area (Å²) in [5, 5.41) is 9.91. The van der Waals surface area contributed by atoms with Crippen LogP contribution in [0.3, 0.4) is 0 Å². The topological polar surface area (TPSA) is 99.6 Å². The quantitative estimate of drug-likeness (QED) is 0.474. The van der Waals surface area contributed by atoms with Crippen LogP contribution >= 0.6 is 0 Å². The molecule has 0 bridgehead atoms. The second-order valence-corrected chi connectivity index (χ2v) is 11.2. The normalized spacial score (nSPS) is 32.1. The molecule has 4 heterocycles. The molecule has 40 heavy (non-hydrogen) atoms. The van der Waals surface area contributed by atoms with Crippen LogP contribution in [-0.2, 0) is 19.1 Å². The average Bonchev–Trinajstić information content (AvgIpc) is 3.22. The van der Waals surface area contributed by atoms with Crippen LogP contribution < -0.4 is 9.64 Å². The lowest BCUT2D eigenvalue weighted by Crippen LogP contribution is -2.57. The summed E-state index contributed by atoms with van der Waals surface area (Å²) in [6.45, 7) is 8.97. The van der Waals surface area contributed by atoms with E-state index < -0.39 is 29.1 Å². The van der Waals surface area contributed by atoms with Crippen molar-refractivity contribution >= 4 is 23.4 Å². The van der Waals surface area contributed by atoms with Gasteiger partial charge in [0.15, 0.2) is 0 Å². The molecule has 4 aliphatic rings. The predicted octanol–water partition coefficient (Wildman–Crippen LogP) is 2.93. The maximum atomic E-state index is 14.5. The summed E-state index contributed by atoms with van der Waals surface area (Å²) in [5.74, 6) is -1.75. The van der Waals surface area contributed by atoms with Gasteiger partial charge in [-0.2, -0.15) is 0 Å². The Balaban J connectivity index is 1.60. The third kappa shape index (κ3) is 4.25. The number of aliphatic hydroxyl groups excluding tert-OH is 1. The molecule has 0 saturated carbocycles. The molecule has 2 fully saturated rings. The maximum Gasteiger partial charge on any atom is 0.249 e. The van der Waals surface area contributed by atoms with Gasteiger partial charge in [0.2, 0.25) is 17.7 Å². The van der Waals surface area contributed by atoms with Crippen LogP contribution in [0.25, 0.3) is 0 Å². The van der Waals surface area contributed by atoms with Crippen LogP contribution in [0.4, 0.5) is 5.69 Å². The first-order chi connectivity index (χ1) is 19.3. The molecule has 1 aromatic rings. The fraction of sp³-hybridized carbons (Fsp3) is 0.581. The van der Waals surface area contributed by atoms with Crippen LogP contribution in [0.5, 0.6) is 5.75 Å². The Morgan fingerprint density at radius 1 is 1.00 bits per heavy atom. The minimum Gasteiger partial charge on any atom is -0.494 e. The van der Waals surface area contributed by atoms with Crippen molar-refractivity contribution < 1.29 is 29.0 Å². The summed E-state index contributed by atoms with van der Waals surface area (Å²) in [6, 6.07) is 6.39. The first kappa shape index (κ1) is 28.4. The fourth-order valence-electron chi connectivity index (χ4n) is 7.22. The highest BCUT2D eigenvalue weighted by molar-refractivity contribution is 6.04. The van der Waals surface area contributed by atoms with Gasteiger partial charge in [-0.1, -0.05) is 44.6 Å². The lowest BCUT2D eigenvalue weighted by atomic mass is 9.73. The van der Waals surface area contributed by atoms with E-state index in [1.165, 1.54) is 4.90 Å². The number of rotatable bonds is 9. The van der Waals surface area contributed by atoms with Crippen LogP contribution in [0, 0.1) is 11.8 Å². The molecule has 4 aliphatic heterocycles. The molecule has 3 amide bonds. The molecule has 5 rings (SSSR count). The molecule has 6 atom stereocenters. The Bertz CT molecular complexity index is 1200. The number of hydrogen-bond acceptors (Lipinski definition) is 6. The lowest BCUT2D eigenvalue weighted by molar-refractivity contribution is -0.153. The average molecular weight is 552 g/mol. The first-order valence-corrected chi connectivity index (χ1v) is 14.6. The predicted molar refractivity (Wildman–Crippen MR) is 151 cm³/mol. The molecule has 9 nitrogen and oxygen atoms in total. The van der Waals surface area contributed by atoms with Gasteiger partial charge in [0, 0.05) is 31.4 Å². The van der Waals surface area contributed by atoms with Gasteiger partial charge in [0.25, 0.3) is 0 Å². The van der Waals surface area contributed by atoms with Crippen molar-refractivity contribution in [1.29, 1.82) is 0 Å². The number of carbonyl (C=O) groups is 3. The van der Waals surface area contributed by atoms with Gasteiger partial charge in [-0.3, -0.25) is 14.4 Å². The molecule has 1 N–H and O–H groups in total. The van der Waals surface area contributed by atoms with Gasteiger partial charge in [-0.05, 0) is 51.0 Å². The number of anilines is 1. The van der Waals surface area contributed by atoms with E-state index in [2.05, 4.69) is 6.92 Å². The Morgan fingerprint density at radius 3 is 2.38 bits per heavy atom. The van der Waals surface area contributed by atoms with Crippen molar-refractivity contribution in [3.8, 4) is 5.75 Å². The zero-order valence-corrected chi connectivity index (χ0v) is 23.9. The third-order valence-electron chi connectivity index (χ3n) is 9.01. The smallest absolute Gasteiger partial charge is 0.249 e. The van der Waals surface area contributed by atoms with E-state index in [1.54, 1.807) is 9.80 Å². The Labute approximate surface area is 236 Å². The van der Waals surface area contributed by atoms with Crippen LogP contribution in [0.2, 0.25) is 0 Å². The molecule has 216 valence electrons. The van der Waals surface area contributed by atoms with Crippen LogP contribution in [0.1, 0.15) is 47.0 Å². The van der Waals surface area contributed by atoms with Gasteiger partial charge in [-0.25, -0.2) is 0 Å². The summed E-state index contributed by atoms with van der Waals surface area (Å²) in [6.07, 6.45) is 9.86. The lowest BCUT2D eigenvalue weighted by Gasteiger charge is -2.39. The molecule has 2 unspecified atom stereocenters. The second-order valence-electron chi connectivity index (χ2n) is 11.2. The zero-order chi connectivity index (χ0) is 28.7. The number of fused-ring (bicyclic) bond motifs is 2. The minimum atomic E-state index is -1.31. The molecular formula is C31H41N3O6. The SMILES string of the molecule is CCCC(C)N1CC=C[C@]23O[C@]4(CC)C=CCN(c5ccc(OCC)cc5)C(=O)[C@@H]4[C@H]2C(=O)N(CCO)C3C1=O. The van der Waals surface area contributed by atoms with Crippen LogP contribution in [0.15, 0.2) is 48.6 Å². The van der Waals surface area contributed by atoms with Crippen molar-refractivity contribution in [3.05, 3.63) is 48.6 Å². The number of aliphatic hydroxyl groups is 1. The van der Waals surface area contributed by atoms with Crippen molar-refractivity contribution in [3.63, 3.8) is 0 Å². The number of carbonyl (C=O) groups excluding carboxylic acids is 3. The monoisotopic (exact) mass is 551 g/mol. The van der Waals surface area contributed by atoms with Crippen molar-refractivity contribution in [2.75, 3.05) is 37.7 Å². The van der Waals surface area contributed by atoms with Crippen molar-refractivity contribution in [2.24, 2.45) is 11.8 Å². The van der Waals surface area contributed by atoms with Gasteiger partial charge >= 0.3 is 0 Å². The summed E-state index contributed by atoms with van der Waals surface area (Å²) in [5.41, 5.74) is -1.66. The molecule has 0 radical (unpaired) electrons. The summed E-state index contributed by atoms with van der Waals surface area (Å²) in [4.78, 5) is 47.9. The van der Waals surface area contributed by atoms with E-state index >= 15 is 0 Å². The minimum absolute atomic E-state index is 0.000825. The summed E-state index contributed by atoms with van der Waals surface area (Å²) in [7, 11) is 0. The third-order valence-corrected chi connectivity index (χ3v) is 9.01. The van der Waals surface area contributed by atoms with Crippen LogP contribution in [-0.4, -0.2) is 88.8 Å². The summed E-state index contributed by atoms with van der Waals surface area (Å²) >= 11 is 0. The van der Waals surface area contributed by atoms with E-state index in [4.69, 9.17) is 9.47 Å². The summed E-state index contributed by atoms with van der Waals surface area (Å²) < 4.78 is 12.5. The largest absolute Gasteiger partial charge is 0.494 e. The highest BCUT2D eigenvalue weighted by Gasteiger charge is 2.75. The van der Waals surface area contributed by atoms with E-state index in [-0.39, 0.29) is 36.9 Å². The molecule has 9 heteroatoms. The number of hydrogen-bond donors (Lipinski definition) is 1.